The molecule has 1 N–H and O–H groups in total. The van der Waals surface area contributed by atoms with Crippen molar-refractivity contribution in [3.05, 3.63) is 16.9 Å². The highest BCUT2D eigenvalue weighted by atomic mass is 35.5. The van der Waals surface area contributed by atoms with Crippen LogP contribution in [0.3, 0.4) is 0 Å². The first kappa shape index (κ1) is 14.2. The Bertz CT molecular complexity index is 355. The van der Waals surface area contributed by atoms with Crippen LogP contribution in [0.15, 0.2) is 6.20 Å². The highest BCUT2D eigenvalue weighted by Crippen LogP contribution is 2.32. The number of nitrogens with one attached hydrogen (secondary N) is 1. The van der Waals surface area contributed by atoms with Crippen LogP contribution in [0.2, 0.25) is 5.02 Å². The second kappa shape index (κ2) is 6.83. The van der Waals surface area contributed by atoms with Gasteiger partial charge in [0.1, 0.15) is 0 Å². The first-order valence-electron chi connectivity index (χ1n) is 6.68. The van der Waals surface area contributed by atoms with Crippen LogP contribution < -0.4 is 5.32 Å². The Morgan fingerprint density at radius 2 is 2.22 bits per heavy atom. The molecule has 0 radical (unpaired) electrons. The van der Waals surface area contributed by atoms with Gasteiger partial charge in [0.05, 0.1) is 23.0 Å². The van der Waals surface area contributed by atoms with Crippen LogP contribution in [0, 0.1) is 0 Å². The molecule has 1 heterocycles. The lowest BCUT2D eigenvalue weighted by molar-refractivity contribution is 0.513. The summed E-state index contributed by atoms with van der Waals surface area (Å²) in [6.07, 6.45) is 8.69. The SMILES string of the molecule is CNC(CSC1CCCCC1)c1c(Cl)cnn1C. The zero-order chi connectivity index (χ0) is 13.0. The van der Waals surface area contributed by atoms with Gasteiger partial charge in [0.15, 0.2) is 0 Å². The molecule has 1 saturated carbocycles. The Hall–Kier alpha value is -0.190. The summed E-state index contributed by atoms with van der Waals surface area (Å²) < 4.78 is 1.88. The Morgan fingerprint density at radius 1 is 1.50 bits per heavy atom. The predicted octanol–water partition coefficient (Wildman–Crippen LogP) is 3.40. The highest BCUT2D eigenvalue weighted by molar-refractivity contribution is 7.99. The zero-order valence-corrected chi connectivity index (χ0v) is 12.7. The monoisotopic (exact) mass is 287 g/mol. The topological polar surface area (TPSA) is 29.9 Å². The lowest BCUT2D eigenvalue weighted by Crippen LogP contribution is -2.23. The van der Waals surface area contributed by atoms with Gasteiger partial charge in [-0.25, -0.2) is 0 Å². The zero-order valence-electron chi connectivity index (χ0n) is 11.2. The molecule has 1 fully saturated rings. The van der Waals surface area contributed by atoms with Crippen molar-refractivity contribution in [3.63, 3.8) is 0 Å². The van der Waals surface area contributed by atoms with Gasteiger partial charge in [-0.1, -0.05) is 30.9 Å². The molecule has 0 saturated heterocycles. The molecule has 3 nitrogen and oxygen atoms in total. The molecule has 102 valence electrons. The third kappa shape index (κ3) is 3.43. The van der Waals surface area contributed by atoms with Gasteiger partial charge in [-0.05, 0) is 19.9 Å². The van der Waals surface area contributed by atoms with Crippen molar-refractivity contribution >= 4 is 23.4 Å². The largest absolute Gasteiger partial charge is 0.311 e. The molecule has 0 aliphatic heterocycles. The molecule has 1 aromatic heterocycles. The van der Waals surface area contributed by atoms with Crippen molar-refractivity contribution in [2.75, 3.05) is 12.8 Å². The third-order valence-electron chi connectivity index (χ3n) is 3.67. The molecule has 2 rings (SSSR count). The lowest BCUT2D eigenvalue weighted by Gasteiger charge is -2.24. The van der Waals surface area contributed by atoms with Crippen LogP contribution in [0.1, 0.15) is 43.8 Å². The number of nitrogens with zero attached hydrogens (tertiary/aromatic N) is 2. The van der Waals surface area contributed by atoms with Gasteiger partial charge in [-0.15, -0.1) is 0 Å². The van der Waals surface area contributed by atoms with Gasteiger partial charge in [0, 0.05) is 18.1 Å². The first-order valence-corrected chi connectivity index (χ1v) is 8.11. The lowest BCUT2D eigenvalue weighted by atomic mass is 10.0. The quantitative estimate of drug-likeness (QED) is 0.900. The summed E-state index contributed by atoms with van der Waals surface area (Å²) in [5.74, 6) is 1.07. The second-order valence-electron chi connectivity index (χ2n) is 4.94. The normalized spacial score (nSPS) is 19.1. The van der Waals surface area contributed by atoms with Crippen LogP contribution in [-0.2, 0) is 7.05 Å². The summed E-state index contributed by atoms with van der Waals surface area (Å²) in [5, 5.41) is 9.17. The standard InChI is InChI=1S/C13H22ClN3S/c1-15-12(13-11(14)8-16-17(13)2)9-18-10-6-4-3-5-7-10/h8,10,12,15H,3-7,9H2,1-2H3. The molecule has 1 unspecified atom stereocenters. The molecular weight excluding hydrogens is 266 g/mol. The van der Waals surface area contributed by atoms with Crippen molar-refractivity contribution in [2.24, 2.45) is 7.05 Å². The van der Waals surface area contributed by atoms with E-state index < -0.39 is 0 Å². The molecular formula is C13H22ClN3S. The molecule has 1 aliphatic carbocycles. The van der Waals surface area contributed by atoms with Crippen molar-refractivity contribution in [1.29, 1.82) is 0 Å². The maximum Gasteiger partial charge on any atom is 0.0834 e. The average Bonchev–Trinajstić information content (AvgIpc) is 2.73. The fourth-order valence-electron chi connectivity index (χ4n) is 2.58. The second-order valence-corrected chi connectivity index (χ2v) is 6.68. The first-order chi connectivity index (χ1) is 8.72. The predicted molar refractivity (Wildman–Crippen MR) is 79.3 cm³/mol. The number of hydrogen-bond donors (Lipinski definition) is 1. The molecule has 0 aromatic carbocycles. The Morgan fingerprint density at radius 3 is 2.78 bits per heavy atom. The molecule has 1 atom stereocenters. The Labute approximate surface area is 119 Å². The van der Waals surface area contributed by atoms with Gasteiger partial charge in [-0.2, -0.15) is 16.9 Å². The summed E-state index contributed by atoms with van der Waals surface area (Å²) in [6, 6.07) is 0.289. The minimum atomic E-state index is 0.289. The molecule has 18 heavy (non-hydrogen) atoms. The van der Waals surface area contributed by atoms with E-state index in [4.69, 9.17) is 11.6 Å². The maximum atomic E-state index is 6.21. The minimum Gasteiger partial charge on any atom is -0.311 e. The summed E-state index contributed by atoms with van der Waals surface area (Å²) in [7, 11) is 3.95. The van der Waals surface area contributed by atoms with E-state index >= 15 is 0 Å². The van der Waals surface area contributed by atoms with Gasteiger partial charge in [-0.3, -0.25) is 4.68 Å². The molecule has 1 aliphatic rings. The Kier molecular flexibility index (Phi) is 5.39. The van der Waals surface area contributed by atoms with Crippen LogP contribution in [-0.4, -0.2) is 27.8 Å². The van der Waals surface area contributed by atoms with Crippen LogP contribution in [0.25, 0.3) is 0 Å². The van der Waals surface area contributed by atoms with Gasteiger partial charge in [0.2, 0.25) is 0 Å². The van der Waals surface area contributed by atoms with E-state index in [2.05, 4.69) is 22.2 Å². The van der Waals surface area contributed by atoms with Gasteiger partial charge >= 0.3 is 0 Å². The van der Waals surface area contributed by atoms with E-state index in [1.165, 1.54) is 32.1 Å². The summed E-state index contributed by atoms with van der Waals surface area (Å²) >= 11 is 8.29. The number of rotatable bonds is 5. The van der Waals surface area contributed by atoms with Crippen molar-refractivity contribution in [1.82, 2.24) is 15.1 Å². The minimum absolute atomic E-state index is 0.289. The van der Waals surface area contributed by atoms with Crippen molar-refractivity contribution < 1.29 is 0 Å². The fourth-order valence-corrected chi connectivity index (χ4v) is 4.33. The fraction of sp³-hybridized carbons (Fsp3) is 0.769. The molecule has 1 aromatic rings. The highest BCUT2D eigenvalue weighted by Gasteiger charge is 2.20. The number of aryl methyl sites for hydroxylation is 1. The van der Waals surface area contributed by atoms with Crippen LogP contribution in [0.5, 0.6) is 0 Å². The Balaban J connectivity index is 1.93. The molecule has 0 amide bonds. The van der Waals surface area contributed by atoms with Crippen molar-refractivity contribution in [2.45, 2.75) is 43.4 Å². The number of hydrogen-bond acceptors (Lipinski definition) is 3. The van der Waals surface area contributed by atoms with Crippen LogP contribution >= 0.6 is 23.4 Å². The van der Waals surface area contributed by atoms with E-state index in [1.54, 1.807) is 6.20 Å². The summed E-state index contributed by atoms with van der Waals surface area (Å²) in [5.41, 5.74) is 1.10. The molecule has 0 bridgehead atoms. The molecule has 5 heteroatoms. The smallest absolute Gasteiger partial charge is 0.0834 e. The van der Waals surface area contributed by atoms with Gasteiger partial charge < -0.3 is 5.32 Å². The number of thioether (sulfide) groups is 1. The number of halogens is 1. The van der Waals surface area contributed by atoms with Gasteiger partial charge in [0.25, 0.3) is 0 Å². The average molecular weight is 288 g/mol. The van der Waals surface area contributed by atoms with E-state index in [0.29, 0.717) is 0 Å². The van der Waals surface area contributed by atoms with E-state index in [9.17, 15) is 0 Å². The van der Waals surface area contributed by atoms with Crippen molar-refractivity contribution in [3.8, 4) is 0 Å². The molecule has 0 spiro atoms. The van der Waals surface area contributed by atoms with E-state index in [0.717, 1.165) is 21.7 Å². The number of aromatic nitrogens is 2. The van der Waals surface area contributed by atoms with E-state index in [-0.39, 0.29) is 6.04 Å². The maximum absolute atomic E-state index is 6.21. The summed E-state index contributed by atoms with van der Waals surface area (Å²) in [6.45, 7) is 0. The van der Waals surface area contributed by atoms with Crippen LogP contribution in [0.4, 0.5) is 0 Å². The van der Waals surface area contributed by atoms with E-state index in [1.807, 2.05) is 18.8 Å². The third-order valence-corrected chi connectivity index (χ3v) is 5.43. The summed E-state index contributed by atoms with van der Waals surface area (Å²) in [4.78, 5) is 0.